The third-order valence-electron chi connectivity index (χ3n) is 3.68. The molecule has 2 amide bonds. The van der Waals surface area contributed by atoms with Gasteiger partial charge in [0.25, 0.3) is 5.91 Å². The molecule has 1 saturated heterocycles. The van der Waals surface area contributed by atoms with Crippen LogP contribution in [0.2, 0.25) is 0 Å². The number of hydrogen-bond donors (Lipinski definition) is 1. The molecule has 1 aromatic carbocycles. The molecule has 1 atom stereocenters. The Morgan fingerprint density at radius 3 is 2.57 bits per heavy atom. The first-order valence-electron chi connectivity index (χ1n) is 7.65. The van der Waals surface area contributed by atoms with E-state index in [-0.39, 0.29) is 23.5 Å². The van der Waals surface area contributed by atoms with Crippen LogP contribution < -0.4 is 5.43 Å². The van der Waals surface area contributed by atoms with Gasteiger partial charge >= 0.3 is 0 Å². The molecule has 1 fully saturated rings. The van der Waals surface area contributed by atoms with Gasteiger partial charge in [0.15, 0.2) is 4.32 Å². The van der Waals surface area contributed by atoms with Crippen LogP contribution >= 0.6 is 24.0 Å². The maximum Gasteiger partial charge on any atom is 0.261 e. The first-order valence-corrected chi connectivity index (χ1v) is 8.94. The number of rotatable bonds is 7. The summed E-state index contributed by atoms with van der Waals surface area (Å²) in [4.78, 5) is 26.7. The molecule has 7 heteroatoms. The average molecular weight is 351 g/mol. The third kappa shape index (κ3) is 4.76. The molecule has 2 rings (SSSR count). The molecule has 0 saturated carbocycles. The minimum atomic E-state index is -0.251. The molecule has 1 heterocycles. The molecule has 1 N–H and O–H groups in total. The summed E-state index contributed by atoms with van der Waals surface area (Å²) in [5.74, 6) is -0.385. The summed E-state index contributed by atoms with van der Waals surface area (Å²) in [5, 5.41) is 0.971. The molecule has 0 radical (unpaired) electrons. The summed E-state index contributed by atoms with van der Waals surface area (Å²) in [6, 6.07) is 9.41. The Labute approximate surface area is 146 Å². The lowest BCUT2D eigenvalue weighted by Gasteiger charge is -2.21. The van der Waals surface area contributed by atoms with E-state index in [0.29, 0.717) is 10.9 Å². The number of thioether (sulfide) groups is 1. The smallest absolute Gasteiger partial charge is 0.261 e. The number of hydrazine groups is 1. The van der Waals surface area contributed by atoms with Crippen LogP contribution in [0.15, 0.2) is 30.3 Å². The van der Waals surface area contributed by atoms with Crippen molar-refractivity contribution < 1.29 is 9.59 Å². The normalized spacial score (nSPS) is 17.9. The highest BCUT2D eigenvalue weighted by atomic mass is 32.2. The highest BCUT2D eigenvalue weighted by Crippen LogP contribution is 2.26. The Hall–Kier alpha value is -1.44. The number of hydrogen-bond acceptors (Lipinski definition) is 5. The lowest BCUT2D eigenvalue weighted by Crippen LogP contribution is -2.48. The van der Waals surface area contributed by atoms with E-state index in [1.807, 2.05) is 30.3 Å². The van der Waals surface area contributed by atoms with Crippen molar-refractivity contribution in [2.24, 2.45) is 0 Å². The Balaban J connectivity index is 1.93. The maximum atomic E-state index is 12.4. The van der Waals surface area contributed by atoms with Gasteiger partial charge in [-0.3, -0.25) is 15.0 Å². The second kappa shape index (κ2) is 8.42. The minimum Gasteiger partial charge on any atom is -0.302 e. The van der Waals surface area contributed by atoms with E-state index in [1.54, 1.807) is 0 Å². The first-order chi connectivity index (χ1) is 11.0. The van der Waals surface area contributed by atoms with E-state index in [0.717, 1.165) is 18.7 Å². The van der Waals surface area contributed by atoms with Crippen LogP contribution in [0.4, 0.5) is 0 Å². The van der Waals surface area contributed by atoms with E-state index < -0.39 is 0 Å². The van der Waals surface area contributed by atoms with Crippen molar-refractivity contribution in [2.45, 2.75) is 25.5 Å². The van der Waals surface area contributed by atoms with Gasteiger partial charge in [-0.25, -0.2) is 5.01 Å². The van der Waals surface area contributed by atoms with Gasteiger partial charge in [-0.05, 0) is 18.7 Å². The van der Waals surface area contributed by atoms with Gasteiger partial charge in [-0.2, -0.15) is 0 Å². The number of thiocarbonyl (C=S) groups is 1. The topological polar surface area (TPSA) is 52.6 Å². The van der Waals surface area contributed by atoms with Gasteiger partial charge in [0.2, 0.25) is 5.91 Å². The fourth-order valence-corrected chi connectivity index (χ4v) is 3.80. The Morgan fingerprint density at radius 1 is 1.30 bits per heavy atom. The molecule has 1 aliphatic rings. The quantitative estimate of drug-likeness (QED) is 0.760. The van der Waals surface area contributed by atoms with E-state index >= 15 is 0 Å². The number of benzene rings is 1. The molecule has 5 nitrogen and oxygen atoms in total. The van der Waals surface area contributed by atoms with Crippen molar-refractivity contribution in [3.8, 4) is 0 Å². The van der Waals surface area contributed by atoms with Crippen molar-refractivity contribution in [1.29, 1.82) is 0 Å². The average Bonchev–Trinajstić information content (AvgIpc) is 2.81. The van der Waals surface area contributed by atoms with Gasteiger partial charge in [-0.15, -0.1) is 0 Å². The third-order valence-corrected chi connectivity index (χ3v) is 5.17. The lowest BCUT2D eigenvalue weighted by atomic mass is 10.1. The number of nitrogens with zero attached hydrogens (tertiary/aromatic N) is 2. The molecular formula is C16H21N3O2S2. The Kier molecular flexibility index (Phi) is 6.56. The zero-order valence-electron chi connectivity index (χ0n) is 13.3. The van der Waals surface area contributed by atoms with E-state index in [4.69, 9.17) is 12.2 Å². The van der Waals surface area contributed by atoms with Gasteiger partial charge in [0.05, 0.1) is 6.42 Å². The van der Waals surface area contributed by atoms with E-state index in [2.05, 4.69) is 24.2 Å². The Bertz CT molecular complexity index is 576. The number of carbonyl (C=O) groups excluding carboxylic acids is 2. The molecule has 0 aliphatic carbocycles. The molecule has 23 heavy (non-hydrogen) atoms. The monoisotopic (exact) mass is 351 g/mol. The van der Waals surface area contributed by atoms with Crippen LogP contribution in [0.5, 0.6) is 0 Å². The van der Waals surface area contributed by atoms with Crippen molar-refractivity contribution >= 4 is 40.1 Å². The van der Waals surface area contributed by atoms with Gasteiger partial charge in [0, 0.05) is 6.54 Å². The van der Waals surface area contributed by atoms with Crippen LogP contribution in [-0.2, 0) is 16.0 Å². The number of nitrogens with one attached hydrogen (secondary N) is 1. The highest BCUT2D eigenvalue weighted by molar-refractivity contribution is 8.24. The summed E-state index contributed by atoms with van der Waals surface area (Å²) >= 11 is 6.58. The summed E-state index contributed by atoms with van der Waals surface area (Å²) in [7, 11) is 0. The van der Waals surface area contributed by atoms with Crippen LogP contribution in [0.3, 0.4) is 0 Å². The molecule has 1 unspecified atom stereocenters. The molecule has 124 valence electrons. The zero-order valence-corrected chi connectivity index (χ0v) is 15.0. The second-order valence-corrected chi connectivity index (χ2v) is 7.07. The van der Waals surface area contributed by atoms with E-state index in [1.165, 1.54) is 16.8 Å². The van der Waals surface area contributed by atoms with Crippen LogP contribution in [0, 0.1) is 0 Å². The predicted molar refractivity (Wildman–Crippen MR) is 96.9 cm³/mol. The van der Waals surface area contributed by atoms with Gasteiger partial charge in [-0.1, -0.05) is 68.2 Å². The lowest BCUT2D eigenvalue weighted by molar-refractivity contribution is -0.135. The van der Waals surface area contributed by atoms with E-state index in [9.17, 15) is 9.59 Å². The Morgan fingerprint density at radius 2 is 1.96 bits per heavy atom. The highest BCUT2D eigenvalue weighted by Gasteiger charge is 2.38. The number of amides is 2. The number of carbonyl (C=O) groups is 2. The molecule has 0 aromatic heterocycles. The summed E-state index contributed by atoms with van der Waals surface area (Å²) in [6.45, 7) is 6.53. The largest absolute Gasteiger partial charge is 0.302 e. The molecule has 1 aromatic rings. The summed E-state index contributed by atoms with van der Waals surface area (Å²) in [5.41, 5.74) is 3.53. The molecule has 0 bridgehead atoms. The van der Waals surface area contributed by atoms with Crippen LogP contribution in [-0.4, -0.2) is 50.9 Å². The molecular weight excluding hydrogens is 330 g/mol. The summed E-state index contributed by atoms with van der Waals surface area (Å²) < 4.78 is 0.411. The SMILES string of the molecule is CCN(CC)CC1SC(=S)N(NC(=O)Cc2ccccc2)C1=O. The summed E-state index contributed by atoms with van der Waals surface area (Å²) in [6.07, 6.45) is 0.221. The van der Waals surface area contributed by atoms with Gasteiger partial charge < -0.3 is 4.90 Å². The predicted octanol–water partition coefficient (Wildman–Crippen LogP) is 1.83. The second-order valence-electron chi connectivity index (χ2n) is 5.23. The van der Waals surface area contributed by atoms with Crippen LogP contribution in [0.25, 0.3) is 0 Å². The van der Waals surface area contributed by atoms with Crippen molar-refractivity contribution in [2.75, 3.05) is 19.6 Å². The molecule has 1 aliphatic heterocycles. The van der Waals surface area contributed by atoms with Crippen molar-refractivity contribution in [1.82, 2.24) is 15.3 Å². The first kappa shape index (κ1) is 17.9. The fourth-order valence-electron chi connectivity index (χ4n) is 2.34. The van der Waals surface area contributed by atoms with Crippen LogP contribution in [0.1, 0.15) is 19.4 Å². The zero-order chi connectivity index (χ0) is 16.8. The fraction of sp³-hybridized carbons (Fsp3) is 0.438. The van der Waals surface area contributed by atoms with Gasteiger partial charge in [0.1, 0.15) is 5.25 Å². The maximum absolute atomic E-state index is 12.4. The van der Waals surface area contributed by atoms with Crippen molar-refractivity contribution in [3.63, 3.8) is 0 Å². The minimum absolute atomic E-state index is 0.145. The van der Waals surface area contributed by atoms with Crippen molar-refractivity contribution in [3.05, 3.63) is 35.9 Å². The standard InChI is InChI=1S/C16H21N3O2S2/c1-3-18(4-2)11-13-15(21)19(16(22)23-13)17-14(20)10-12-8-6-5-7-9-12/h5-9,13H,3-4,10-11H2,1-2H3,(H,17,20). The molecule has 0 spiro atoms.